The first-order chi connectivity index (χ1) is 24.6. The van der Waals surface area contributed by atoms with Crippen LogP contribution in [0.25, 0.3) is 0 Å². The largest absolute Gasteiger partial charge is 0.490 e. The Balaban J connectivity index is 1.57. The van der Waals surface area contributed by atoms with Crippen LogP contribution in [0.5, 0.6) is 11.5 Å². The van der Waals surface area contributed by atoms with E-state index in [9.17, 15) is 15.3 Å². The first kappa shape index (κ1) is 36.2. The number of aliphatic hydroxyl groups excluding tert-OH is 3. The van der Waals surface area contributed by atoms with Crippen molar-refractivity contribution in [3.8, 4) is 11.5 Å². The molecule has 12 heteroatoms. The molecule has 0 spiro atoms. The fraction of sp³-hybridized carbons (Fsp3) is 0.605. The Kier molecular flexibility index (Phi) is 12.4. The van der Waals surface area contributed by atoms with Crippen molar-refractivity contribution < 1.29 is 39.1 Å². The molecule has 0 amide bonds. The number of fused-ring (bicyclic) bond motifs is 2. The number of ether oxygens (including phenoxy) is 4. The number of hydrogen-bond acceptors (Lipinski definition) is 11. The van der Waals surface area contributed by atoms with Crippen molar-refractivity contribution in [2.75, 3.05) is 33.0 Å². The maximum atomic E-state index is 10.4. The zero-order valence-electron chi connectivity index (χ0n) is 28.9. The lowest BCUT2D eigenvalue weighted by Gasteiger charge is -2.58. The van der Waals surface area contributed by atoms with Crippen LogP contribution in [0, 0.1) is 17.8 Å². The summed E-state index contributed by atoms with van der Waals surface area (Å²) in [5, 5.41) is 43.5. The lowest BCUT2D eigenvalue weighted by Crippen LogP contribution is -2.63. The number of benzene rings is 1. The minimum absolute atomic E-state index is 0.117. The van der Waals surface area contributed by atoms with Crippen LogP contribution < -0.4 is 9.47 Å². The van der Waals surface area contributed by atoms with Gasteiger partial charge in [-0.2, -0.15) is 0 Å². The smallest absolute Gasteiger partial charge is 0.241 e. The molecule has 7 unspecified atom stereocenters. The van der Waals surface area contributed by atoms with Crippen LogP contribution in [-0.2, 0) is 20.9 Å². The molecule has 0 radical (unpaired) electrons. The average Bonchev–Trinajstić information content (AvgIpc) is 3.62. The van der Waals surface area contributed by atoms with Gasteiger partial charge in [0.05, 0.1) is 43.3 Å². The zero-order valence-corrected chi connectivity index (χ0v) is 28.9. The van der Waals surface area contributed by atoms with Gasteiger partial charge in [-0.3, -0.25) is 0 Å². The second-order valence-corrected chi connectivity index (χ2v) is 13.6. The first-order valence-corrected chi connectivity index (χ1v) is 18.2. The predicted octanol–water partition coefficient (Wildman–Crippen LogP) is 5.37. The lowest BCUT2D eigenvalue weighted by atomic mass is 9.55. The molecule has 2 aliphatic carbocycles. The summed E-state index contributed by atoms with van der Waals surface area (Å²) in [6.07, 6.45) is 14.9. The third kappa shape index (κ3) is 7.41. The minimum Gasteiger partial charge on any atom is -0.490 e. The van der Waals surface area contributed by atoms with Gasteiger partial charge in [-0.05, 0) is 74.1 Å². The number of rotatable bonds is 18. The molecule has 6 rings (SSSR count). The molecule has 3 heterocycles. The van der Waals surface area contributed by atoms with Crippen LogP contribution in [0.4, 0.5) is 0 Å². The summed E-state index contributed by atoms with van der Waals surface area (Å²) in [6.45, 7) is 9.00. The summed E-state index contributed by atoms with van der Waals surface area (Å²) < 4.78 is 27.7. The summed E-state index contributed by atoms with van der Waals surface area (Å²) in [5.74, 6) is -0.100. The number of unbranched alkanes of at least 4 members (excludes halogenated alkanes) is 2. The van der Waals surface area contributed by atoms with E-state index in [2.05, 4.69) is 35.6 Å². The molecule has 2 aliphatic heterocycles. The van der Waals surface area contributed by atoms with Gasteiger partial charge >= 0.3 is 0 Å². The number of hydrogen-bond donors (Lipinski definition) is 3. The van der Waals surface area contributed by atoms with Crippen molar-refractivity contribution >= 4 is 5.71 Å². The van der Waals surface area contributed by atoms with E-state index in [0.717, 1.165) is 61.8 Å². The van der Waals surface area contributed by atoms with E-state index in [-0.39, 0.29) is 50.1 Å². The van der Waals surface area contributed by atoms with Gasteiger partial charge in [-0.25, -0.2) is 4.68 Å². The SMILES string of the molecule is C=CCOc1ccc2c(c1)C1C(CCCCO)C(CCCCO)C=C3C(=NOC4CCCCO4)CC(n4nncc4CO)C(OCC=C)(O2)C31. The van der Waals surface area contributed by atoms with Gasteiger partial charge in [0.1, 0.15) is 24.1 Å². The summed E-state index contributed by atoms with van der Waals surface area (Å²) in [5.41, 5.74) is 3.28. The van der Waals surface area contributed by atoms with E-state index in [1.807, 2.05) is 12.1 Å². The van der Waals surface area contributed by atoms with Gasteiger partial charge < -0.3 is 39.1 Å². The van der Waals surface area contributed by atoms with Crippen LogP contribution in [0.1, 0.15) is 87.4 Å². The van der Waals surface area contributed by atoms with Gasteiger partial charge in [0.25, 0.3) is 0 Å². The molecule has 7 atom stereocenters. The van der Waals surface area contributed by atoms with Gasteiger partial charge in [0.15, 0.2) is 0 Å². The molecule has 50 heavy (non-hydrogen) atoms. The summed E-state index contributed by atoms with van der Waals surface area (Å²) >= 11 is 0. The summed E-state index contributed by atoms with van der Waals surface area (Å²) in [6, 6.07) is 5.35. The third-order valence-corrected chi connectivity index (χ3v) is 10.5. The zero-order chi connectivity index (χ0) is 34.9. The standard InChI is InChI=1S/C38H52N4O8/c1-3-18-46-28-14-15-33-31(22-28)36-29(12-6-9-17-44)26(11-5-8-16-43)21-30-32(40-50-35-13-7-10-20-47-35)23-34(42-27(25-45)24-39-41-42)38(49-33,37(30)36)48-19-4-2/h3-4,14-15,21-22,24,26,29,34-37,43-45H,1-2,5-13,16-20,23,25H2. The Morgan fingerprint density at radius 2 is 1.86 bits per heavy atom. The number of aromatic nitrogens is 3. The Labute approximate surface area is 294 Å². The second-order valence-electron chi connectivity index (χ2n) is 13.6. The van der Waals surface area contributed by atoms with E-state index >= 15 is 0 Å². The number of aliphatic hydroxyl groups is 3. The summed E-state index contributed by atoms with van der Waals surface area (Å²) in [4.78, 5) is 6.15. The molecule has 12 nitrogen and oxygen atoms in total. The molecule has 272 valence electrons. The molecule has 4 aliphatic rings. The Morgan fingerprint density at radius 1 is 1.04 bits per heavy atom. The molecule has 1 saturated carbocycles. The van der Waals surface area contributed by atoms with Crippen LogP contribution in [0.2, 0.25) is 0 Å². The third-order valence-electron chi connectivity index (χ3n) is 10.5. The van der Waals surface area contributed by atoms with Gasteiger partial charge in [-0.15, -0.1) is 11.7 Å². The molecule has 3 N–H and O–H groups in total. The van der Waals surface area contributed by atoms with Crippen molar-refractivity contribution in [1.82, 2.24) is 15.0 Å². The van der Waals surface area contributed by atoms with Crippen LogP contribution in [0.3, 0.4) is 0 Å². The highest BCUT2D eigenvalue weighted by atomic mass is 16.8. The van der Waals surface area contributed by atoms with E-state index in [1.165, 1.54) is 0 Å². The van der Waals surface area contributed by atoms with Crippen molar-refractivity contribution in [2.45, 2.75) is 94.9 Å². The second kappa shape index (κ2) is 17.1. The monoisotopic (exact) mass is 692 g/mol. The maximum absolute atomic E-state index is 10.4. The number of oxime groups is 1. The van der Waals surface area contributed by atoms with Gasteiger partial charge in [0, 0.05) is 37.5 Å². The minimum atomic E-state index is -1.29. The fourth-order valence-corrected chi connectivity index (χ4v) is 8.38. The molecule has 0 bridgehead atoms. The summed E-state index contributed by atoms with van der Waals surface area (Å²) in [7, 11) is 0. The normalized spacial score (nSPS) is 29.3. The molecular weight excluding hydrogens is 640 g/mol. The fourth-order valence-electron chi connectivity index (χ4n) is 8.38. The van der Waals surface area contributed by atoms with Gasteiger partial charge in [0.2, 0.25) is 12.1 Å². The van der Waals surface area contributed by atoms with Crippen LogP contribution in [-0.4, -0.2) is 81.1 Å². The molecule has 1 saturated heterocycles. The quantitative estimate of drug-likeness (QED) is 0.106. The molecule has 1 aromatic carbocycles. The first-order valence-electron chi connectivity index (χ1n) is 18.2. The van der Waals surface area contributed by atoms with Crippen molar-refractivity contribution in [1.29, 1.82) is 0 Å². The molecule has 1 aromatic heterocycles. The van der Waals surface area contributed by atoms with E-state index in [0.29, 0.717) is 49.7 Å². The van der Waals surface area contributed by atoms with Crippen molar-refractivity contribution in [3.05, 3.63) is 72.6 Å². The highest BCUT2D eigenvalue weighted by Gasteiger charge is 2.65. The maximum Gasteiger partial charge on any atom is 0.241 e. The molecular formula is C38H52N4O8. The topological polar surface area (TPSA) is 150 Å². The van der Waals surface area contributed by atoms with Crippen LogP contribution >= 0.6 is 0 Å². The predicted molar refractivity (Wildman–Crippen MR) is 187 cm³/mol. The Hall–Kier alpha value is -3.55. The van der Waals surface area contributed by atoms with E-state index in [4.69, 9.17) is 28.9 Å². The highest BCUT2D eigenvalue weighted by Crippen LogP contribution is 2.63. The number of allylic oxidation sites excluding steroid dienone is 1. The Bertz CT molecular complexity index is 1500. The molecule has 2 aromatic rings. The Morgan fingerprint density at radius 3 is 2.60 bits per heavy atom. The van der Waals surface area contributed by atoms with Gasteiger partial charge in [-0.1, -0.05) is 48.0 Å². The van der Waals surface area contributed by atoms with E-state index < -0.39 is 18.1 Å². The van der Waals surface area contributed by atoms with Crippen molar-refractivity contribution in [3.63, 3.8) is 0 Å². The molecule has 2 fully saturated rings. The van der Waals surface area contributed by atoms with Crippen LogP contribution in [0.15, 0.2) is 66.5 Å². The average molecular weight is 693 g/mol. The number of nitrogens with zero attached hydrogens (tertiary/aromatic N) is 4. The lowest BCUT2D eigenvalue weighted by molar-refractivity contribution is -0.252. The van der Waals surface area contributed by atoms with Crippen molar-refractivity contribution in [2.24, 2.45) is 22.9 Å². The van der Waals surface area contributed by atoms with E-state index in [1.54, 1.807) is 23.0 Å². The highest BCUT2D eigenvalue weighted by molar-refractivity contribution is 6.02.